The van der Waals surface area contributed by atoms with Gasteiger partial charge in [0.25, 0.3) is 5.56 Å². The minimum Gasteiger partial charge on any atom is -0.382 e. The molecule has 0 fully saturated rings. The molecule has 0 aliphatic rings. The first-order chi connectivity index (χ1) is 8.61. The number of aromatic nitrogens is 2. The average Bonchev–Trinajstić information content (AvgIpc) is 2.76. The van der Waals surface area contributed by atoms with E-state index in [1.165, 1.54) is 22.0 Å². The molecule has 0 aromatic carbocycles. The smallest absolute Gasteiger partial charge is 0.251 e. The molecule has 2 aromatic heterocycles. The largest absolute Gasteiger partial charge is 0.382 e. The maximum Gasteiger partial charge on any atom is 0.251 e. The van der Waals surface area contributed by atoms with Gasteiger partial charge in [-0.2, -0.15) is 0 Å². The summed E-state index contributed by atoms with van der Waals surface area (Å²) in [5.41, 5.74) is 5.47. The predicted octanol–water partition coefficient (Wildman–Crippen LogP) is 1.78. The van der Waals surface area contributed by atoms with Crippen LogP contribution in [0.5, 0.6) is 0 Å². The van der Waals surface area contributed by atoms with E-state index in [2.05, 4.69) is 4.98 Å². The molecule has 0 saturated heterocycles. The van der Waals surface area contributed by atoms with E-state index >= 15 is 0 Å². The highest BCUT2D eigenvalue weighted by Gasteiger charge is 2.17. The molecule has 0 radical (unpaired) electrons. The van der Waals surface area contributed by atoms with Gasteiger partial charge >= 0.3 is 0 Å². The van der Waals surface area contributed by atoms with E-state index < -0.39 is 0 Å². The van der Waals surface area contributed by atoms with Crippen LogP contribution in [-0.4, -0.2) is 23.3 Å². The third-order valence-electron chi connectivity index (χ3n) is 2.43. The van der Waals surface area contributed by atoms with Gasteiger partial charge in [-0.05, 0) is 6.07 Å². The first kappa shape index (κ1) is 13.1. The molecule has 96 valence electrons. The van der Waals surface area contributed by atoms with Crippen molar-refractivity contribution in [1.29, 1.82) is 0 Å². The zero-order chi connectivity index (χ0) is 13.1. The van der Waals surface area contributed by atoms with Gasteiger partial charge in [-0.1, -0.05) is 11.6 Å². The molecule has 0 spiro atoms. The highest BCUT2D eigenvalue weighted by atomic mass is 35.5. The summed E-state index contributed by atoms with van der Waals surface area (Å²) in [7, 11) is 1.58. The molecule has 7 heteroatoms. The first-order valence-electron chi connectivity index (χ1n) is 5.19. The molecule has 0 bridgehead atoms. The fourth-order valence-electron chi connectivity index (χ4n) is 1.63. The molecule has 18 heavy (non-hydrogen) atoms. The summed E-state index contributed by atoms with van der Waals surface area (Å²) in [6, 6.07) is 2.72. The lowest BCUT2D eigenvalue weighted by molar-refractivity contribution is 0.169. The van der Waals surface area contributed by atoms with E-state index in [0.717, 1.165) is 4.88 Å². The Hall–Kier alpha value is -1.37. The van der Waals surface area contributed by atoms with Gasteiger partial charge in [-0.15, -0.1) is 11.3 Å². The molecule has 2 heterocycles. The Morgan fingerprint density at radius 2 is 2.39 bits per heavy atom. The topological polar surface area (TPSA) is 70.1 Å². The molecule has 0 aliphatic heterocycles. The molecule has 0 aliphatic carbocycles. The molecular formula is C11H12ClN3O2S. The lowest BCUT2D eigenvalue weighted by Gasteiger charge is -2.17. The number of rotatable bonds is 4. The van der Waals surface area contributed by atoms with Crippen LogP contribution in [0.4, 0.5) is 5.13 Å². The van der Waals surface area contributed by atoms with Gasteiger partial charge in [0, 0.05) is 25.6 Å². The molecule has 0 unspecified atom stereocenters. The number of hydrogen-bond donors (Lipinski definition) is 1. The monoisotopic (exact) mass is 285 g/mol. The van der Waals surface area contributed by atoms with Gasteiger partial charge in [0.1, 0.15) is 0 Å². The van der Waals surface area contributed by atoms with Crippen LogP contribution in [0, 0.1) is 0 Å². The summed E-state index contributed by atoms with van der Waals surface area (Å²) >= 11 is 7.25. The maximum atomic E-state index is 11.9. The molecule has 1 atom stereocenters. The second kappa shape index (κ2) is 5.51. The van der Waals surface area contributed by atoms with Crippen molar-refractivity contribution in [3.8, 4) is 0 Å². The van der Waals surface area contributed by atoms with Gasteiger partial charge in [0.15, 0.2) is 5.13 Å². The lowest BCUT2D eigenvalue weighted by atomic mass is 10.2. The maximum absolute atomic E-state index is 11.9. The molecule has 0 saturated carbocycles. The number of nitrogens with two attached hydrogens (primary N) is 1. The van der Waals surface area contributed by atoms with E-state index in [9.17, 15) is 4.79 Å². The molecule has 0 amide bonds. The quantitative estimate of drug-likeness (QED) is 0.929. The SMILES string of the molecule is COC[C@H](c1cnc(N)s1)n1cc(Cl)ccc1=O. The highest BCUT2D eigenvalue weighted by molar-refractivity contribution is 7.15. The number of thiazole rings is 1. The Labute approximate surface area is 113 Å². The number of nitrogens with zero attached hydrogens (tertiary/aromatic N) is 2. The van der Waals surface area contributed by atoms with Crippen LogP contribution in [0.2, 0.25) is 5.02 Å². The van der Waals surface area contributed by atoms with E-state index in [0.29, 0.717) is 16.8 Å². The van der Waals surface area contributed by atoms with Crippen LogP contribution >= 0.6 is 22.9 Å². The van der Waals surface area contributed by atoms with E-state index in [1.807, 2.05) is 0 Å². The summed E-state index contributed by atoms with van der Waals surface area (Å²) in [4.78, 5) is 16.7. The van der Waals surface area contributed by atoms with E-state index in [1.54, 1.807) is 25.6 Å². The summed E-state index contributed by atoms with van der Waals surface area (Å²) in [6.07, 6.45) is 3.24. The van der Waals surface area contributed by atoms with Crippen molar-refractivity contribution < 1.29 is 4.74 Å². The molecule has 5 nitrogen and oxygen atoms in total. The summed E-state index contributed by atoms with van der Waals surface area (Å²) in [5, 5.41) is 0.953. The lowest BCUT2D eigenvalue weighted by Crippen LogP contribution is -2.26. The molecule has 2 aromatic rings. The van der Waals surface area contributed by atoms with Crippen LogP contribution in [0.15, 0.2) is 29.3 Å². The fraction of sp³-hybridized carbons (Fsp3) is 0.273. The summed E-state index contributed by atoms with van der Waals surface area (Å²) < 4.78 is 6.68. The molecule has 2 N–H and O–H groups in total. The molecule has 2 rings (SSSR count). The van der Waals surface area contributed by atoms with E-state index in [-0.39, 0.29) is 11.6 Å². The van der Waals surface area contributed by atoms with Crippen molar-refractivity contribution in [2.45, 2.75) is 6.04 Å². The van der Waals surface area contributed by atoms with Crippen molar-refractivity contribution in [2.24, 2.45) is 0 Å². The minimum atomic E-state index is -0.268. The van der Waals surface area contributed by atoms with Gasteiger partial charge < -0.3 is 15.0 Å². The van der Waals surface area contributed by atoms with Gasteiger partial charge in [-0.3, -0.25) is 4.79 Å². The second-order valence-corrected chi connectivity index (χ2v) is 5.20. The number of ether oxygens (including phenoxy) is 1. The van der Waals surface area contributed by atoms with Crippen molar-refractivity contribution in [3.63, 3.8) is 0 Å². The second-order valence-electron chi connectivity index (χ2n) is 3.66. The fourth-order valence-corrected chi connectivity index (χ4v) is 2.57. The van der Waals surface area contributed by atoms with Crippen LogP contribution in [0.25, 0.3) is 0 Å². The van der Waals surface area contributed by atoms with Gasteiger partial charge in [-0.25, -0.2) is 4.98 Å². The van der Waals surface area contributed by atoms with Crippen molar-refractivity contribution in [2.75, 3.05) is 19.5 Å². The van der Waals surface area contributed by atoms with Crippen LogP contribution in [0.1, 0.15) is 10.9 Å². The number of hydrogen-bond acceptors (Lipinski definition) is 5. The predicted molar refractivity (Wildman–Crippen MR) is 72.3 cm³/mol. The number of pyridine rings is 1. The van der Waals surface area contributed by atoms with Gasteiger partial charge in [0.2, 0.25) is 0 Å². The van der Waals surface area contributed by atoms with Crippen LogP contribution < -0.4 is 11.3 Å². The van der Waals surface area contributed by atoms with Crippen molar-refractivity contribution in [3.05, 3.63) is 44.8 Å². The molecular weight excluding hydrogens is 274 g/mol. The third kappa shape index (κ3) is 2.72. The third-order valence-corrected chi connectivity index (χ3v) is 3.58. The van der Waals surface area contributed by atoms with Crippen molar-refractivity contribution in [1.82, 2.24) is 9.55 Å². The highest BCUT2D eigenvalue weighted by Crippen LogP contribution is 2.25. The Balaban J connectivity index is 2.47. The Morgan fingerprint density at radius 3 is 3.00 bits per heavy atom. The zero-order valence-electron chi connectivity index (χ0n) is 9.67. The Bertz CT molecular complexity index is 596. The number of methoxy groups -OCH3 is 1. The van der Waals surface area contributed by atoms with Gasteiger partial charge in [0.05, 0.1) is 22.5 Å². The average molecular weight is 286 g/mol. The Kier molecular flexibility index (Phi) is 4.00. The summed E-state index contributed by atoms with van der Waals surface area (Å²) in [5.74, 6) is 0. The van der Waals surface area contributed by atoms with E-state index in [4.69, 9.17) is 22.1 Å². The Morgan fingerprint density at radius 1 is 1.61 bits per heavy atom. The zero-order valence-corrected chi connectivity index (χ0v) is 11.2. The number of halogens is 1. The number of anilines is 1. The first-order valence-corrected chi connectivity index (χ1v) is 6.39. The number of nitrogen functional groups attached to an aromatic ring is 1. The normalized spacial score (nSPS) is 12.6. The van der Waals surface area contributed by atoms with Crippen molar-refractivity contribution >= 4 is 28.1 Å². The summed E-state index contributed by atoms with van der Waals surface area (Å²) in [6.45, 7) is 0.349. The minimum absolute atomic E-state index is 0.145. The standard InChI is InChI=1S/C11H12ClN3O2S/c1-17-6-8(9-4-14-11(13)18-9)15-5-7(12)2-3-10(15)16/h2-5,8H,6H2,1H3,(H2,13,14)/t8-/m1/s1. The van der Waals surface area contributed by atoms with Crippen LogP contribution in [-0.2, 0) is 4.74 Å². The van der Waals surface area contributed by atoms with Crippen LogP contribution in [0.3, 0.4) is 0 Å².